The summed E-state index contributed by atoms with van der Waals surface area (Å²) in [6.07, 6.45) is 18.4. The van der Waals surface area contributed by atoms with Crippen molar-refractivity contribution < 1.29 is 9.59 Å². The van der Waals surface area contributed by atoms with Gasteiger partial charge in [0.05, 0.1) is 23.0 Å². The number of benzene rings is 1. The van der Waals surface area contributed by atoms with Crippen LogP contribution in [-0.4, -0.2) is 47.7 Å². The van der Waals surface area contributed by atoms with Crippen molar-refractivity contribution in [1.29, 1.82) is 0 Å². The van der Waals surface area contributed by atoms with Crippen molar-refractivity contribution >= 4 is 41.3 Å². The van der Waals surface area contributed by atoms with Gasteiger partial charge in [-0.3, -0.25) is 9.59 Å². The maximum Gasteiger partial charge on any atom is 0.261 e. The molecule has 0 bridgehead atoms. The molecule has 1 saturated heterocycles. The number of rotatable bonds is 11. The summed E-state index contributed by atoms with van der Waals surface area (Å²) < 4.78 is 2.35. The Morgan fingerprint density at radius 2 is 1.64 bits per heavy atom. The normalized spacial score (nSPS) is 19.3. The smallest absolute Gasteiger partial charge is 0.261 e. The maximum atomic E-state index is 12.8. The van der Waals surface area contributed by atoms with Gasteiger partial charge >= 0.3 is 0 Å². The van der Waals surface area contributed by atoms with Crippen LogP contribution in [0.1, 0.15) is 106 Å². The Kier molecular flexibility index (Phi) is 14.2. The largest absolute Gasteiger partial charge is 0.369 e. The van der Waals surface area contributed by atoms with Crippen LogP contribution in [0.5, 0.6) is 0 Å². The molecule has 1 atom stereocenters. The first-order chi connectivity index (χ1) is 22.6. The van der Waals surface area contributed by atoms with E-state index in [2.05, 4.69) is 79.9 Å². The highest BCUT2D eigenvalue weighted by atomic mass is 32.2. The SMILES string of the molecule is CCCC1CCC(C2CCN(c3cnc(-c4ccc(CC(C)NC(=O)c5ccc(C(C)(C)C)s5)cc4)nc3)CC2)CC1.CSNC=O. The molecule has 2 aliphatic rings. The predicted molar refractivity (Wildman–Crippen MR) is 199 cm³/mol. The van der Waals surface area contributed by atoms with E-state index in [9.17, 15) is 9.59 Å². The number of hydrogen-bond acceptors (Lipinski definition) is 7. The molecule has 1 aromatic carbocycles. The number of hydrogen-bond donors (Lipinski definition) is 2. The standard InChI is InChI=1S/C36H50N4OS.C2H5NOS/c1-6-7-26-8-12-28(13-9-26)29-18-20-40(21-19-29)31-23-37-34(38-24-31)30-14-10-27(11-15-30)22-25(2)39-35(41)32-16-17-33(42-32)36(3,4)5;1-5-3-2-4/h10-11,14-17,23-26,28-29H,6-9,12-13,18-22H2,1-5H3,(H,39,41);2H,1H3,(H,3,4). The number of nitrogens with zero attached hydrogens (tertiary/aromatic N) is 3. The number of carbonyl (C=O) groups is 2. The monoisotopic (exact) mass is 677 g/mol. The van der Waals surface area contributed by atoms with Gasteiger partial charge in [0.2, 0.25) is 6.41 Å². The van der Waals surface area contributed by atoms with Gasteiger partial charge in [-0.25, -0.2) is 9.97 Å². The average molecular weight is 678 g/mol. The topological polar surface area (TPSA) is 87.2 Å². The van der Waals surface area contributed by atoms with Gasteiger partial charge in [0.15, 0.2) is 5.82 Å². The lowest BCUT2D eigenvalue weighted by Crippen LogP contribution is -2.37. The Balaban J connectivity index is 0.000000930. The molecule has 2 N–H and O–H groups in total. The molecule has 9 heteroatoms. The average Bonchev–Trinajstić information content (AvgIpc) is 3.59. The van der Waals surface area contributed by atoms with Crippen LogP contribution >= 0.6 is 23.3 Å². The molecule has 256 valence electrons. The van der Waals surface area contributed by atoms with Crippen LogP contribution in [0.3, 0.4) is 0 Å². The highest BCUT2D eigenvalue weighted by Crippen LogP contribution is 2.39. The number of carbonyl (C=O) groups excluding carboxylic acids is 2. The summed E-state index contributed by atoms with van der Waals surface area (Å²) in [6, 6.07) is 12.5. The Hall–Kier alpha value is -2.91. The lowest BCUT2D eigenvalue weighted by molar-refractivity contribution is -0.107. The van der Waals surface area contributed by atoms with E-state index in [-0.39, 0.29) is 17.4 Å². The number of thiophene rings is 1. The van der Waals surface area contributed by atoms with Gasteiger partial charge in [0.25, 0.3) is 5.91 Å². The Morgan fingerprint density at radius 1 is 1.00 bits per heavy atom. The number of nitrogens with one attached hydrogen (secondary N) is 2. The summed E-state index contributed by atoms with van der Waals surface area (Å²) in [6.45, 7) is 13.2. The van der Waals surface area contributed by atoms with E-state index in [1.54, 1.807) is 17.6 Å². The Labute approximate surface area is 291 Å². The second-order valence-corrected chi connectivity index (χ2v) is 16.0. The highest BCUT2D eigenvalue weighted by Gasteiger charge is 2.30. The minimum absolute atomic E-state index is 0.00636. The van der Waals surface area contributed by atoms with Crippen LogP contribution in [0.4, 0.5) is 5.69 Å². The fourth-order valence-corrected chi connectivity index (χ4v) is 8.08. The molecule has 1 saturated carbocycles. The molecule has 3 aromatic rings. The van der Waals surface area contributed by atoms with E-state index < -0.39 is 0 Å². The molecule has 1 unspecified atom stereocenters. The maximum absolute atomic E-state index is 12.8. The van der Waals surface area contributed by atoms with Gasteiger partial charge in [0, 0.05) is 35.8 Å². The van der Waals surface area contributed by atoms with Gasteiger partial charge in [-0.2, -0.15) is 0 Å². The first-order valence-electron chi connectivity index (χ1n) is 17.4. The van der Waals surface area contributed by atoms with Gasteiger partial charge in [-0.1, -0.05) is 89.6 Å². The quantitative estimate of drug-likeness (QED) is 0.156. The van der Waals surface area contributed by atoms with E-state index in [1.807, 2.05) is 18.5 Å². The number of anilines is 1. The van der Waals surface area contributed by atoms with Crippen molar-refractivity contribution in [3.8, 4) is 11.4 Å². The van der Waals surface area contributed by atoms with Crippen molar-refractivity contribution in [3.63, 3.8) is 0 Å². The first kappa shape index (κ1) is 36.9. The minimum Gasteiger partial charge on any atom is -0.369 e. The third-order valence-electron chi connectivity index (χ3n) is 9.66. The summed E-state index contributed by atoms with van der Waals surface area (Å²) >= 11 is 2.87. The molecule has 1 aliphatic carbocycles. The van der Waals surface area contributed by atoms with Crippen LogP contribution in [0, 0.1) is 17.8 Å². The summed E-state index contributed by atoms with van der Waals surface area (Å²) in [5.41, 5.74) is 3.41. The van der Waals surface area contributed by atoms with Gasteiger partial charge < -0.3 is 14.9 Å². The molecule has 0 spiro atoms. The summed E-state index contributed by atoms with van der Waals surface area (Å²) in [5.74, 6) is 3.61. The first-order valence-corrected chi connectivity index (χ1v) is 19.4. The molecule has 7 nitrogen and oxygen atoms in total. The van der Waals surface area contributed by atoms with Crippen LogP contribution < -0.4 is 14.9 Å². The third-order valence-corrected chi connectivity index (χ3v) is 11.5. The molecule has 1 aliphatic heterocycles. The van der Waals surface area contributed by atoms with Crippen LogP contribution in [0.2, 0.25) is 0 Å². The van der Waals surface area contributed by atoms with E-state index in [0.717, 1.165) is 59.2 Å². The van der Waals surface area contributed by atoms with Crippen LogP contribution in [0.15, 0.2) is 48.8 Å². The van der Waals surface area contributed by atoms with Crippen LogP contribution in [-0.2, 0) is 16.6 Å². The van der Waals surface area contributed by atoms with Crippen LogP contribution in [0.25, 0.3) is 11.4 Å². The molecule has 3 heterocycles. The predicted octanol–water partition coefficient (Wildman–Crippen LogP) is 8.70. The second-order valence-electron chi connectivity index (χ2n) is 14.3. The third kappa shape index (κ3) is 11.1. The summed E-state index contributed by atoms with van der Waals surface area (Å²) in [4.78, 5) is 36.0. The highest BCUT2D eigenvalue weighted by molar-refractivity contribution is 7.97. The molecule has 2 amide bonds. The van der Waals surface area contributed by atoms with Gasteiger partial charge in [-0.15, -0.1) is 11.3 Å². The lowest BCUT2D eigenvalue weighted by Gasteiger charge is -2.39. The number of aromatic nitrogens is 2. The zero-order valence-corrected chi connectivity index (χ0v) is 30.9. The molecule has 47 heavy (non-hydrogen) atoms. The van der Waals surface area contributed by atoms with E-state index in [4.69, 9.17) is 9.97 Å². The Morgan fingerprint density at radius 3 is 2.17 bits per heavy atom. The molecule has 2 aromatic heterocycles. The number of piperidine rings is 1. The summed E-state index contributed by atoms with van der Waals surface area (Å²) in [5, 5.41) is 3.16. The van der Waals surface area contributed by atoms with E-state index in [0.29, 0.717) is 6.41 Å². The summed E-state index contributed by atoms with van der Waals surface area (Å²) in [7, 11) is 0. The fourth-order valence-electron chi connectivity index (χ4n) is 7.02. The lowest BCUT2D eigenvalue weighted by atomic mass is 9.72. The van der Waals surface area contributed by atoms with Crippen molar-refractivity contribution in [1.82, 2.24) is 20.0 Å². The van der Waals surface area contributed by atoms with Gasteiger partial charge in [-0.05, 0) is 79.9 Å². The fraction of sp³-hybridized carbons (Fsp3) is 0.579. The van der Waals surface area contributed by atoms with Crippen molar-refractivity contribution in [2.45, 2.75) is 104 Å². The molecule has 2 fully saturated rings. The van der Waals surface area contributed by atoms with E-state index >= 15 is 0 Å². The van der Waals surface area contributed by atoms with E-state index in [1.165, 1.54) is 73.8 Å². The zero-order valence-electron chi connectivity index (χ0n) is 29.3. The molecule has 5 rings (SSSR count). The van der Waals surface area contributed by atoms with Gasteiger partial charge in [0.1, 0.15) is 0 Å². The minimum atomic E-state index is 0.00636. The second kappa shape index (κ2) is 18.0. The molecule has 0 radical (unpaired) electrons. The number of amides is 2. The molecular weight excluding hydrogens is 623 g/mol. The van der Waals surface area contributed by atoms with Crippen molar-refractivity contribution in [2.24, 2.45) is 17.8 Å². The van der Waals surface area contributed by atoms with Crippen molar-refractivity contribution in [3.05, 3.63) is 64.1 Å². The zero-order chi connectivity index (χ0) is 33.8. The molecular formula is C38H55N5O2S2. The van der Waals surface area contributed by atoms with Crippen molar-refractivity contribution in [2.75, 3.05) is 24.2 Å². The Bertz CT molecular complexity index is 1370.